The van der Waals surface area contributed by atoms with Gasteiger partial charge in [0.05, 0.1) is 18.2 Å². The smallest absolute Gasteiger partial charge is 0.258 e. The van der Waals surface area contributed by atoms with Gasteiger partial charge in [-0.25, -0.2) is 9.38 Å². The van der Waals surface area contributed by atoms with Crippen molar-refractivity contribution < 1.29 is 9.18 Å². The van der Waals surface area contributed by atoms with Gasteiger partial charge in [0.15, 0.2) is 0 Å². The van der Waals surface area contributed by atoms with Crippen LogP contribution in [0.1, 0.15) is 41.6 Å². The van der Waals surface area contributed by atoms with Crippen LogP contribution in [0, 0.1) is 5.82 Å². The van der Waals surface area contributed by atoms with Crippen molar-refractivity contribution in [3.63, 3.8) is 0 Å². The normalized spacial score (nSPS) is 18.2. The molecule has 0 aromatic heterocycles. The molecule has 0 unspecified atom stereocenters. The van der Waals surface area contributed by atoms with Crippen LogP contribution in [0.5, 0.6) is 0 Å². The Morgan fingerprint density at radius 2 is 1.86 bits per heavy atom. The summed E-state index contributed by atoms with van der Waals surface area (Å²) in [6.45, 7) is 0. The van der Waals surface area contributed by atoms with Gasteiger partial charge in [0.1, 0.15) is 11.7 Å². The van der Waals surface area contributed by atoms with E-state index in [1.807, 2.05) is 0 Å². The van der Waals surface area contributed by atoms with Gasteiger partial charge in [-0.3, -0.25) is 15.5 Å². The van der Waals surface area contributed by atoms with Crippen molar-refractivity contribution in [1.29, 1.82) is 0 Å². The lowest BCUT2D eigenvalue weighted by Crippen LogP contribution is -2.33. The molecule has 0 atom stereocenters. The van der Waals surface area contributed by atoms with Crippen LogP contribution in [-0.2, 0) is 0 Å². The maximum absolute atomic E-state index is 13.1. The van der Waals surface area contributed by atoms with Gasteiger partial charge in [-0.15, -0.1) is 0 Å². The first kappa shape index (κ1) is 19.3. The number of halogens is 2. The molecular formula is C21H19ClFN5O. The minimum Gasteiger partial charge on any atom is -0.291 e. The number of amidine groups is 1. The van der Waals surface area contributed by atoms with Crippen molar-refractivity contribution in [3.8, 4) is 0 Å². The summed E-state index contributed by atoms with van der Waals surface area (Å²) < 4.78 is 13.1. The minimum absolute atomic E-state index is 0.166. The number of carbonyl (C=O) groups excluding carboxylic acids is 1. The monoisotopic (exact) mass is 411 g/mol. The van der Waals surface area contributed by atoms with Crippen LogP contribution in [0.25, 0.3) is 0 Å². The van der Waals surface area contributed by atoms with E-state index in [-0.39, 0.29) is 23.7 Å². The predicted molar refractivity (Wildman–Crippen MR) is 112 cm³/mol. The molecule has 2 aromatic rings. The van der Waals surface area contributed by atoms with Crippen LogP contribution >= 0.6 is 11.6 Å². The Labute approximate surface area is 172 Å². The van der Waals surface area contributed by atoms with Crippen molar-refractivity contribution in [2.45, 2.75) is 31.7 Å². The molecule has 29 heavy (non-hydrogen) atoms. The van der Waals surface area contributed by atoms with E-state index in [0.29, 0.717) is 22.8 Å². The third-order valence-electron chi connectivity index (χ3n) is 4.78. The SMILES string of the molecule is O=C(NC(N=C1CC(c2ccc(F)cc2)=NN1)=NC1CCC1)c1ccc(Cl)cc1. The molecule has 0 radical (unpaired) electrons. The topological polar surface area (TPSA) is 78.2 Å². The van der Waals surface area contributed by atoms with E-state index < -0.39 is 0 Å². The van der Waals surface area contributed by atoms with Crippen LogP contribution in [-0.4, -0.2) is 29.5 Å². The Bertz CT molecular complexity index is 995. The first-order valence-electron chi connectivity index (χ1n) is 9.37. The fourth-order valence-electron chi connectivity index (χ4n) is 2.92. The van der Waals surface area contributed by atoms with Crippen LogP contribution < -0.4 is 10.7 Å². The number of hydrogen-bond donors (Lipinski definition) is 2. The summed E-state index contributed by atoms with van der Waals surface area (Å²) in [5.74, 6) is 0.224. The molecule has 1 amide bonds. The Hall–Kier alpha value is -3.06. The van der Waals surface area contributed by atoms with Crippen LogP contribution in [0.4, 0.5) is 4.39 Å². The van der Waals surface area contributed by atoms with E-state index in [1.54, 1.807) is 36.4 Å². The quantitative estimate of drug-likeness (QED) is 0.593. The largest absolute Gasteiger partial charge is 0.291 e. The zero-order chi connectivity index (χ0) is 20.2. The van der Waals surface area contributed by atoms with Crippen LogP contribution in [0.3, 0.4) is 0 Å². The number of aliphatic imine (C=N–C) groups is 2. The van der Waals surface area contributed by atoms with Crippen molar-refractivity contribution in [2.24, 2.45) is 15.1 Å². The third kappa shape index (κ3) is 4.86. The molecule has 2 aromatic carbocycles. The molecule has 1 fully saturated rings. The van der Waals surface area contributed by atoms with E-state index in [9.17, 15) is 9.18 Å². The van der Waals surface area contributed by atoms with Gasteiger partial charge in [-0.05, 0) is 61.2 Å². The molecule has 0 bridgehead atoms. The van der Waals surface area contributed by atoms with Crippen molar-refractivity contribution in [3.05, 3.63) is 70.5 Å². The first-order valence-corrected chi connectivity index (χ1v) is 9.75. The predicted octanol–water partition coefficient (Wildman–Crippen LogP) is 3.91. The highest BCUT2D eigenvalue weighted by Gasteiger charge is 2.20. The Balaban J connectivity index is 1.49. The van der Waals surface area contributed by atoms with E-state index in [4.69, 9.17) is 11.6 Å². The van der Waals surface area contributed by atoms with E-state index >= 15 is 0 Å². The number of rotatable bonds is 3. The van der Waals surface area contributed by atoms with Gasteiger partial charge < -0.3 is 0 Å². The highest BCUT2D eigenvalue weighted by atomic mass is 35.5. The molecule has 1 aliphatic heterocycles. The fourth-order valence-corrected chi connectivity index (χ4v) is 3.05. The maximum atomic E-state index is 13.1. The minimum atomic E-state index is -0.304. The number of benzene rings is 2. The molecule has 8 heteroatoms. The second-order valence-electron chi connectivity index (χ2n) is 6.91. The van der Waals surface area contributed by atoms with Crippen molar-refractivity contribution >= 4 is 35.0 Å². The lowest BCUT2D eigenvalue weighted by molar-refractivity contribution is 0.0976. The Morgan fingerprint density at radius 3 is 2.52 bits per heavy atom. The summed E-state index contributed by atoms with van der Waals surface area (Å²) in [5.41, 5.74) is 4.90. The summed E-state index contributed by atoms with van der Waals surface area (Å²) in [4.78, 5) is 21.6. The van der Waals surface area contributed by atoms with Crippen molar-refractivity contribution in [2.75, 3.05) is 0 Å². The van der Waals surface area contributed by atoms with Gasteiger partial charge in [-0.1, -0.05) is 23.7 Å². The lowest BCUT2D eigenvalue weighted by atomic mass is 9.94. The lowest BCUT2D eigenvalue weighted by Gasteiger charge is -2.21. The van der Waals surface area contributed by atoms with E-state index in [0.717, 1.165) is 30.5 Å². The first-order chi connectivity index (χ1) is 14.1. The fraction of sp³-hybridized carbons (Fsp3) is 0.238. The number of amides is 1. The average molecular weight is 412 g/mol. The molecule has 4 rings (SSSR count). The molecule has 1 aliphatic carbocycles. The Kier molecular flexibility index (Phi) is 5.67. The van der Waals surface area contributed by atoms with E-state index in [1.165, 1.54) is 12.1 Å². The molecular weight excluding hydrogens is 393 g/mol. The second kappa shape index (κ2) is 8.53. The summed E-state index contributed by atoms with van der Waals surface area (Å²) in [7, 11) is 0. The zero-order valence-corrected chi connectivity index (χ0v) is 16.3. The molecule has 2 aliphatic rings. The second-order valence-corrected chi connectivity index (χ2v) is 7.35. The number of guanidine groups is 1. The standard InChI is InChI=1S/C21H19ClFN5O/c22-15-8-4-14(5-9-15)20(29)26-21(24-17-2-1-3-17)25-19-12-18(27-28-19)13-6-10-16(23)11-7-13/h4-11,17H,1-3,12H2,(H2,24,25,26,28,29). The number of hydrogen-bond acceptors (Lipinski definition) is 3. The average Bonchev–Trinajstić information content (AvgIpc) is 3.14. The van der Waals surface area contributed by atoms with Crippen LogP contribution in [0.2, 0.25) is 5.02 Å². The number of nitrogens with one attached hydrogen (secondary N) is 2. The highest BCUT2D eigenvalue weighted by Crippen LogP contribution is 2.22. The number of nitrogens with zero attached hydrogens (tertiary/aromatic N) is 3. The molecule has 1 saturated carbocycles. The zero-order valence-electron chi connectivity index (χ0n) is 15.5. The van der Waals surface area contributed by atoms with Gasteiger partial charge in [0.25, 0.3) is 5.91 Å². The molecule has 1 heterocycles. The van der Waals surface area contributed by atoms with Crippen LogP contribution in [0.15, 0.2) is 63.6 Å². The van der Waals surface area contributed by atoms with Gasteiger partial charge in [0.2, 0.25) is 5.96 Å². The summed E-state index contributed by atoms with van der Waals surface area (Å²) >= 11 is 5.88. The molecule has 6 nitrogen and oxygen atoms in total. The molecule has 2 N–H and O–H groups in total. The molecule has 148 valence electrons. The third-order valence-corrected chi connectivity index (χ3v) is 5.04. The maximum Gasteiger partial charge on any atom is 0.258 e. The number of carbonyl (C=O) groups is 1. The van der Waals surface area contributed by atoms with Gasteiger partial charge in [-0.2, -0.15) is 10.1 Å². The van der Waals surface area contributed by atoms with Gasteiger partial charge in [0, 0.05) is 10.6 Å². The molecule has 0 saturated heterocycles. The molecule has 0 spiro atoms. The van der Waals surface area contributed by atoms with E-state index in [2.05, 4.69) is 25.8 Å². The number of hydrazone groups is 1. The van der Waals surface area contributed by atoms with Gasteiger partial charge >= 0.3 is 0 Å². The summed E-state index contributed by atoms with van der Waals surface area (Å²) in [6.07, 6.45) is 3.53. The summed E-state index contributed by atoms with van der Waals surface area (Å²) in [6, 6.07) is 12.9. The summed E-state index contributed by atoms with van der Waals surface area (Å²) in [5, 5.41) is 7.60. The highest BCUT2D eigenvalue weighted by molar-refractivity contribution is 6.30. The van der Waals surface area contributed by atoms with Crippen molar-refractivity contribution in [1.82, 2.24) is 10.7 Å². The Morgan fingerprint density at radius 1 is 1.14 bits per heavy atom.